The van der Waals surface area contributed by atoms with Crippen LogP contribution < -0.4 is 5.56 Å². The number of aromatic hydroxyl groups is 1. The van der Waals surface area contributed by atoms with Crippen LogP contribution in [0.2, 0.25) is 0 Å². The molecule has 2 heterocycles. The summed E-state index contributed by atoms with van der Waals surface area (Å²) in [6.45, 7) is 1.82. The van der Waals surface area contributed by atoms with Crippen LogP contribution >= 0.6 is 12.2 Å². The van der Waals surface area contributed by atoms with E-state index in [2.05, 4.69) is 9.98 Å². The van der Waals surface area contributed by atoms with Crippen molar-refractivity contribution in [2.75, 3.05) is 0 Å². The summed E-state index contributed by atoms with van der Waals surface area (Å²) in [5, 5.41) is 10.7. The van der Waals surface area contributed by atoms with Crippen LogP contribution in [-0.4, -0.2) is 20.4 Å². The van der Waals surface area contributed by atoms with Crippen LogP contribution in [-0.2, 0) is 0 Å². The van der Waals surface area contributed by atoms with Gasteiger partial charge in [-0.1, -0.05) is 30.3 Å². The minimum absolute atomic E-state index is 0.0203. The van der Waals surface area contributed by atoms with Crippen LogP contribution in [0.4, 0.5) is 10.1 Å². The van der Waals surface area contributed by atoms with Crippen LogP contribution in [0.5, 0.6) is 5.88 Å². The molecule has 2 N–H and O–H groups in total. The maximum Gasteiger partial charge on any atom is 0.262 e. The second-order valence-corrected chi connectivity index (χ2v) is 6.44. The molecule has 0 spiro atoms. The number of rotatable bonds is 2. The van der Waals surface area contributed by atoms with E-state index in [0.717, 1.165) is 21.5 Å². The largest absolute Gasteiger partial charge is 0.494 e. The third kappa shape index (κ3) is 2.82. The van der Waals surface area contributed by atoms with Crippen molar-refractivity contribution in [1.82, 2.24) is 9.55 Å². The van der Waals surface area contributed by atoms with Crippen molar-refractivity contribution < 1.29 is 9.50 Å². The van der Waals surface area contributed by atoms with E-state index in [0.29, 0.717) is 5.57 Å². The Morgan fingerprint density at radius 1 is 1.19 bits per heavy atom. The van der Waals surface area contributed by atoms with Gasteiger partial charge in [0.15, 0.2) is 4.77 Å². The first-order chi connectivity index (χ1) is 13.0. The summed E-state index contributed by atoms with van der Waals surface area (Å²) < 4.78 is 15.2. The number of allylic oxidation sites excluding steroid dienone is 1. The van der Waals surface area contributed by atoms with Gasteiger partial charge in [0.05, 0.1) is 11.4 Å². The summed E-state index contributed by atoms with van der Waals surface area (Å²) in [7, 11) is 0. The highest BCUT2D eigenvalue weighted by Crippen LogP contribution is 2.36. The third-order valence-corrected chi connectivity index (χ3v) is 4.66. The Morgan fingerprint density at radius 3 is 2.67 bits per heavy atom. The minimum Gasteiger partial charge on any atom is -0.494 e. The highest BCUT2D eigenvalue weighted by atomic mass is 32.1. The molecular formula is C20H14FN3O2S. The molecule has 7 heteroatoms. The Morgan fingerprint density at radius 2 is 1.89 bits per heavy atom. The van der Waals surface area contributed by atoms with Gasteiger partial charge in [0.1, 0.15) is 11.4 Å². The lowest BCUT2D eigenvalue weighted by molar-refractivity contribution is 0.429. The van der Waals surface area contributed by atoms with Gasteiger partial charge in [-0.2, -0.15) is 0 Å². The predicted octanol–water partition coefficient (Wildman–Crippen LogP) is 4.39. The average Bonchev–Trinajstić information content (AvgIpc) is 2.95. The van der Waals surface area contributed by atoms with Crippen molar-refractivity contribution in [2.24, 2.45) is 4.99 Å². The zero-order valence-electron chi connectivity index (χ0n) is 14.2. The molecule has 0 bridgehead atoms. The maximum atomic E-state index is 14.2. The number of nitrogens with zero attached hydrogens (tertiary/aromatic N) is 2. The number of fused-ring (bicyclic) bond motifs is 1. The molecule has 0 unspecified atom stereocenters. The van der Waals surface area contributed by atoms with E-state index in [9.17, 15) is 14.3 Å². The van der Waals surface area contributed by atoms with Gasteiger partial charge in [0.2, 0.25) is 5.88 Å². The number of para-hydroxylation sites is 2. The second kappa shape index (κ2) is 6.44. The molecule has 2 aromatic carbocycles. The molecule has 1 aromatic heterocycles. The van der Waals surface area contributed by atoms with E-state index in [1.165, 1.54) is 18.2 Å². The lowest BCUT2D eigenvalue weighted by Crippen LogP contribution is -2.17. The summed E-state index contributed by atoms with van der Waals surface area (Å²) in [6, 6.07) is 13.4. The molecular weight excluding hydrogens is 365 g/mol. The van der Waals surface area contributed by atoms with Gasteiger partial charge in [-0.05, 0) is 43.4 Å². The number of hydrogen-bond donors (Lipinski definition) is 2. The van der Waals surface area contributed by atoms with Gasteiger partial charge in [0, 0.05) is 16.8 Å². The normalized spacial score (nSPS) is 14.3. The first-order valence-corrected chi connectivity index (χ1v) is 8.58. The monoisotopic (exact) mass is 379 g/mol. The zero-order chi connectivity index (χ0) is 19.1. The maximum absolute atomic E-state index is 14.2. The Hall–Kier alpha value is -3.32. The Kier molecular flexibility index (Phi) is 4.08. The SMILES string of the molecule is CC1=Nc2ccccc2/C1=C\c1c(O)n(-c2ccccc2F)c(=S)[nH]c1=O. The van der Waals surface area contributed by atoms with Crippen LogP contribution in [0.25, 0.3) is 17.3 Å². The van der Waals surface area contributed by atoms with Gasteiger partial charge in [0.25, 0.3) is 5.56 Å². The summed E-state index contributed by atoms with van der Waals surface area (Å²) in [5.74, 6) is -1.00. The van der Waals surface area contributed by atoms with E-state index >= 15 is 0 Å². The van der Waals surface area contributed by atoms with Crippen molar-refractivity contribution >= 4 is 35.3 Å². The smallest absolute Gasteiger partial charge is 0.262 e. The fraction of sp³-hybridized carbons (Fsp3) is 0.0500. The summed E-state index contributed by atoms with van der Waals surface area (Å²) in [4.78, 5) is 19.4. The fourth-order valence-electron chi connectivity index (χ4n) is 3.09. The summed E-state index contributed by atoms with van der Waals surface area (Å²) >= 11 is 5.13. The fourth-order valence-corrected chi connectivity index (χ4v) is 3.36. The molecule has 0 aliphatic carbocycles. The third-order valence-electron chi connectivity index (χ3n) is 4.38. The molecule has 1 aliphatic rings. The van der Waals surface area contributed by atoms with Gasteiger partial charge in [-0.15, -0.1) is 0 Å². The average molecular weight is 379 g/mol. The molecule has 4 rings (SSSR count). The highest BCUT2D eigenvalue weighted by Gasteiger charge is 2.20. The standard InChI is InChI=1S/C20H14FN3O2S/c1-11-13(12-6-2-4-8-16(12)22-11)10-14-18(25)23-20(27)24(19(14)26)17-9-5-3-7-15(17)21/h2-10,26H,1H3,(H,23,25,27)/b13-10-. The molecule has 0 amide bonds. The topological polar surface area (TPSA) is 70.4 Å². The Balaban J connectivity index is 1.98. The zero-order valence-corrected chi connectivity index (χ0v) is 15.0. The van der Waals surface area contributed by atoms with E-state index < -0.39 is 17.3 Å². The second-order valence-electron chi connectivity index (χ2n) is 6.06. The number of aliphatic imine (C=N–C) groups is 1. The van der Waals surface area contributed by atoms with Crippen LogP contribution in [0.15, 0.2) is 58.3 Å². The number of benzene rings is 2. The number of hydrogen-bond acceptors (Lipinski definition) is 4. The van der Waals surface area contributed by atoms with E-state index in [1.807, 2.05) is 31.2 Å². The van der Waals surface area contributed by atoms with Crippen molar-refractivity contribution in [3.8, 4) is 11.6 Å². The van der Waals surface area contributed by atoms with Crippen molar-refractivity contribution in [1.29, 1.82) is 0 Å². The van der Waals surface area contributed by atoms with Crippen molar-refractivity contribution in [3.05, 3.63) is 80.6 Å². The number of aromatic nitrogens is 2. The first kappa shape index (κ1) is 17.1. The van der Waals surface area contributed by atoms with Crippen LogP contribution in [0.1, 0.15) is 18.1 Å². The van der Waals surface area contributed by atoms with Gasteiger partial charge < -0.3 is 5.11 Å². The van der Waals surface area contributed by atoms with E-state index in [-0.39, 0.29) is 16.0 Å². The van der Waals surface area contributed by atoms with E-state index in [4.69, 9.17) is 12.2 Å². The Labute approximate surface area is 158 Å². The molecule has 0 radical (unpaired) electrons. The van der Waals surface area contributed by atoms with Gasteiger partial charge >= 0.3 is 0 Å². The number of H-pyrrole nitrogens is 1. The summed E-state index contributed by atoms with van der Waals surface area (Å²) in [5.41, 5.74) is 2.54. The number of halogens is 1. The van der Waals surface area contributed by atoms with Gasteiger partial charge in [-0.25, -0.2) is 4.39 Å². The molecule has 27 heavy (non-hydrogen) atoms. The predicted molar refractivity (Wildman–Crippen MR) is 106 cm³/mol. The number of aromatic amines is 1. The molecule has 3 aromatic rings. The number of nitrogens with one attached hydrogen (secondary N) is 1. The van der Waals surface area contributed by atoms with Crippen LogP contribution in [0, 0.1) is 10.6 Å². The quantitative estimate of drug-likeness (QED) is 0.649. The van der Waals surface area contributed by atoms with Crippen molar-refractivity contribution in [2.45, 2.75) is 6.92 Å². The first-order valence-electron chi connectivity index (χ1n) is 8.17. The Bertz CT molecular complexity index is 1250. The lowest BCUT2D eigenvalue weighted by atomic mass is 10.0. The minimum atomic E-state index is -0.571. The highest BCUT2D eigenvalue weighted by molar-refractivity contribution is 7.71. The van der Waals surface area contributed by atoms with Gasteiger partial charge in [-0.3, -0.25) is 19.3 Å². The molecule has 0 atom stereocenters. The summed E-state index contributed by atoms with van der Waals surface area (Å²) in [6.07, 6.45) is 1.55. The lowest BCUT2D eigenvalue weighted by Gasteiger charge is -2.12. The van der Waals surface area contributed by atoms with Crippen molar-refractivity contribution in [3.63, 3.8) is 0 Å². The van der Waals surface area contributed by atoms with Crippen LogP contribution in [0.3, 0.4) is 0 Å². The molecule has 0 saturated carbocycles. The molecule has 134 valence electrons. The molecule has 1 aliphatic heterocycles. The molecule has 0 saturated heterocycles. The molecule has 5 nitrogen and oxygen atoms in total. The molecule has 0 fully saturated rings. The van der Waals surface area contributed by atoms with E-state index in [1.54, 1.807) is 12.1 Å².